The van der Waals surface area contributed by atoms with Crippen LogP contribution in [0.1, 0.15) is 31.7 Å². The molecule has 0 spiro atoms. The smallest absolute Gasteiger partial charge is 0.161 e. The van der Waals surface area contributed by atoms with E-state index in [4.69, 9.17) is 15.2 Å². The van der Waals surface area contributed by atoms with Crippen molar-refractivity contribution in [2.24, 2.45) is 11.7 Å². The normalized spacial score (nSPS) is 16.7. The monoisotopic (exact) mass is 235 g/mol. The van der Waals surface area contributed by atoms with Gasteiger partial charge in [0, 0.05) is 6.42 Å². The maximum atomic E-state index is 5.84. The summed E-state index contributed by atoms with van der Waals surface area (Å²) < 4.78 is 11.3. The van der Waals surface area contributed by atoms with Gasteiger partial charge in [0.05, 0.1) is 13.2 Å². The van der Waals surface area contributed by atoms with Gasteiger partial charge in [-0.1, -0.05) is 19.9 Å². The molecular formula is C14H21NO2. The van der Waals surface area contributed by atoms with E-state index in [0.717, 1.165) is 31.1 Å². The first-order valence-electron chi connectivity index (χ1n) is 6.32. The first kappa shape index (κ1) is 12.2. The predicted molar refractivity (Wildman–Crippen MR) is 68.7 cm³/mol. The molecular weight excluding hydrogens is 214 g/mol. The van der Waals surface area contributed by atoms with Crippen molar-refractivity contribution < 1.29 is 9.47 Å². The van der Waals surface area contributed by atoms with Gasteiger partial charge < -0.3 is 15.2 Å². The van der Waals surface area contributed by atoms with Gasteiger partial charge in [-0.2, -0.15) is 0 Å². The second kappa shape index (κ2) is 5.41. The molecule has 0 unspecified atom stereocenters. The molecule has 1 aromatic rings. The van der Waals surface area contributed by atoms with Crippen molar-refractivity contribution in [3.05, 3.63) is 23.8 Å². The van der Waals surface area contributed by atoms with Crippen LogP contribution in [0.15, 0.2) is 18.2 Å². The van der Waals surface area contributed by atoms with E-state index in [2.05, 4.69) is 26.0 Å². The van der Waals surface area contributed by atoms with Crippen LogP contribution in [-0.2, 0) is 0 Å². The number of hydrogen-bond donors (Lipinski definition) is 1. The summed E-state index contributed by atoms with van der Waals surface area (Å²) >= 11 is 0. The minimum atomic E-state index is 0.382. The largest absolute Gasteiger partial charge is 0.490 e. The molecule has 0 fully saturated rings. The molecule has 0 radical (unpaired) electrons. The van der Waals surface area contributed by atoms with E-state index in [1.165, 1.54) is 5.56 Å². The number of fused-ring (bicyclic) bond motifs is 1. The SMILES string of the molecule is CC(C)[C@@H](CN)c1ccc2c(c1)OCCCO2. The third-order valence-electron chi connectivity index (χ3n) is 3.26. The summed E-state index contributed by atoms with van der Waals surface area (Å²) in [5.41, 5.74) is 7.08. The number of ether oxygens (including phenoxy) is 2. The third-order valence-corrected chi connectivity index (χ3v) is 3.26. The van der Waals surface area contributed by atoms with Gasteiger partial charge in [-0.3, -0.25) is 0 Å². The van der Waals surface area contributed by atoms with Crippen molar-refractivity contribution in [3.8, 4) is 11.5 Å². The summed E-state index contributed by atoms with van der Waals surface area (Å²) in [6, 6.07) is 6.18. The maximum Gasteiger partial charge on any atom is 0.161 e. The standard InChI is InChI=1S/C14H21NO2/c1-10(2)12(9-15)11-4-5-13-14(8-11)17-7-3-6-16-13/h4-5,8,10,12H,3,6-7,9,15H2,1-2H3/t12-/m1/s1. The number of benzene rings is 1. The van der Waals surface area contributed by atoms with Crippen LogP contribution >= 0.6 is 0 Å². The predicted octanol–water partition coefficient (Wildman–Crippen LogP) is 2.55. The molecule has 1 aliphatic rings. The van der Waals surface area contributed by atoms with E-state index in [0.29, 0.717) is 18.4 Å². The van der Waals surface area contributed by atoms with E-state index in [1.54, 1.807) is 0 Å². The molecule has 1 aromatic carbocycles. The van der Waals surface area contributed by atoms with Gasteiger partial charge in [-0.05, 0) is 36.1 Å². The van der Waals surface area contributed by atoms with Crippen LogP contribution in [0.4, 0.5) is 0 Å². The van der Waals surface area contributed by atoms with Gasteiger partial charge in [-0.25, -0.2) is 0 Å². The van der Waals surface area contributed by atoms with Crippen LogP contribution in [0.5, 0.6) is 11.5 Å². The molecule has 0 bridgehead atoms. The maximum absolute atomic E-state index is 5.84. The van der Waals surface area contributed by atoms with Crippen molar-refractivity contribution in [1.82, 2.24) is 0 Å². The van der Waals surface area contributed by atoms with Gasteiger partial charge in [0.25, 0.3) is 0 Å². The average molecular weight is 235 g/mol. The second-order valence-electron chi connectivity index (χ2n) is 4.84. The van der Waals surface area contributed by atoms with Gasteiger partial charge in [-0.15, -0.1) is 0 Å². The zero-order chi connectivity index (χ0) is 12.3. The van der Waals surface area contributed by atoms with Crippen LogP contribution in [0.2, 0.25) is 0 Å². The van der Waals surface area contributed by atoms with E-state index < -0.39 is 0 Å². The summed E-state index contributed by atoms with van der Waals surface area (Å²) in [4.78, 5) is 0. The topological polar surface area (TPSA) is 44.5 Å². The molecule has 94 valence electrons. The van der Waals surface area contributed by atoms with E-state index in [9.17, 15) is 0 Å². The van der Waals surface area contributed by atoms with Crippen molar-refractivity contribution in [2.75, 3.05) is 19.8 Å². The van der Waals surface area contributed by atoms with Crippen LogP contribution in [0.3, 0.4) is 0 Å². The summed E-state index contributed by atoms with van der Waals surface area (Å²) in [5.74, 6) is 2.63. The quantitative estimate of drug-likeness (QED) is 0.875. The van der Waals surface area contributed by atoms with Crippen molar-refractivity contribution in [1.29, 1.82) is 0 Å². The first-order chi connectivity index (χ1) is 8.22. The molecule has 0 amide bonds. The third kappa shape index (κ3) is 2.72. The molecule has 1 atom stereocenters. The Labute approximate surface area is 103 Å². The molecule has 2 rings (SSSR count). The highest BCUT2D eigenvalue weighted by atomic mass is 16.5. The Morgan fingerprint density at radius 2 is 1.88 bits per heavy atom. The fourth-order valence-corrected chi connectivity index (χ4v) is 2.20. The van der Waals surface area contributed by atoms with E-state index >= 15 is 0 Å². The molecule has 3 nitrogen and oxygen atoms in total. The van der Waals surface area contributed by atoms with Gasteiger partial charge >= 0.3 is 0 Å². The van der Waals surface area contributed by atoms with E-state index in [1.807, 2.05) is 6.07 Å². The molecule has 1 heterocycles. The fraction of sp³-hybridized carbons (Fsp3) is 0.571. The first-order valence-corrected chi connectivity index (χ1v) is 6.32. The van der Waals surface area contributed by atoms with Gasteiger partial charge in [0.2, 0.25) is 0 Å². The Hall–Kier alpha value is -1.22. The Balaban J connectivity index is 2.28. The van der Waals surface area contributed by atoms with Crippen LogP contribution in [-0.4, -0.2) is 19.8 Å². The summed E-state index contributed by atoms with van der Waals surface area (Å²) in [6.45, 7) is 6.51. The second-order valence-corrected chi connectivity index (χ2v) is 4.84. The minimum Gasteiger partial charge on any atom is -0.490 e. The highest BCUT2D eigenvalue weighted by Gasteiger charge is 2.17. The number of rotatable bonds is 3. The fourth-order valence-electron chi connectivity index (χ4n) is 2.20. The zero-order valence-electron chi connectivity index (χ0n) is 10.6. The zero-order valence-corrected chi connectivity index (χ0v) is 10.6. The van der Waals surface area contributed by atoms with Gasteiger partial charge in [0.15, 0.2) is 11.5 Å². The number of hydrogen-bond acceptors (Lipinski definition) is 3. The van der Waals surface area contributed by atoms with Crippen molar-refractivity contribution in [2.45, 2.75) is 26.2 Å². The lowest BCUT2D eigenvalue weighted by Crippen LogP contribution is -2.17. The Morgan fingerprint density at radius 3 is 2.53 bits per heavy atom. The molecule has 3 heteroatoms. The highest BCUT2D eigenvalue weighted by molar-refractivity contribution is 5.44. The minimum absolute atomic E-state index is 0.382. The molecule has 17 heavy (non-hydrogen) atoms. The lowest BCUT2D eigenvalue weighted by Gasteiger charge is -2.20. The molecule has 0 saturated carbocycles. The molecule has 0 aliphatic carbocycles. The van der Waals surface area contributed by atoms with Crippen LogP contribution in [0.25, 0.3) is 0 Å². The van der Waals surface area contributed by atoms with Crippen molar-refractivity contribution in [3.63, 3.8) is 0 Å². The highest BCUT2D eigenvalue weighted by Crippen LogP contribution is 2.34. The Morgan fingerprint density at radius 1 is 1.18 bits per heavy atom. The van der Waals surface area contributed by atoms with Crippen molar-refractivity contribution >= 4 is 0 Å². The molecule has 1 aliphatic heterocycles. The molecule has 0 aromatic heterocycles. The molecule has 2 N–H and O–H groups in total. The van der Waals surface area contributed by atoms with Gasteiger partial charge in [0.1, 0.15) is 0 Å². The summed E-state index contributed by atoms with van der Waals surface area (Å²) in [7, 11) is 0. The van der Waals surface area contributed by atoms with Crippen LogP contribution in [0, 0.1) is 5.92 Å². The summed E-state index contributed by atoms with van der Waals surface area (Å²) in [6.07, 6.45) is 0.939. The van der Waals surface area contributed by atoms with E-state index in [-0.39, 0.29) is 0 Å². The lowest BCUT2D eigenvalue weighted by molar-refractivity contribution is 0.297. The number of nitrogens with two attached hydrogens (primary N) is 1. The van der Waals surface area contributed by atoms with Crippen LogP contribution < -0.4 is 15.2 Å². The average Bonchev–Trinajstić information content (AvgIpc) is 2.54. The Kier molecular flexibility index (Phi) is 3.89. The lowest BCUT2D eigenvalue weighted by atomic mass is 9.88. The Bertz CT molecular complexity index is 376. The molecule has 0 saturated heterocycles. The summed E-state index contributed by atoms with van der Waals surface area (Å²) in [5, 5.41) is 0.